The predicted octanol–water partition coefficient (Wildman–Crippen LogP) is -2.28. The highest BCUT2D eigenvalue weighted by Crippen LogP contribution is 2.08. The van der Waals surface area contributed by atoms with Crippen molar-refractivity contribution in [2.24, 2.45) is 0 Å². The standard InChI is InChI=1S/C8H18O6/c1-13-4-6(11)7(12)8(14-2)5(10)3-9/h5-12H,3-4H2,1-2H3/t5-,6+,7+,8+/m0/s1/i1D,2D. The van der Waals surface area contributed by atoms with Crippen LogP contribution in [-0.2, 0) is 9.47 Å². The first kappa shape index (κ1) is 10.3. The van der Waals surface area contributed by atoms with Gasteiger partial charge in [-0.15, -0.1) is 0 Å². The van der Waals surface area contributed by atoms with Gasteiger partial charge in [-0.25, -0.2) is 0 Å². The summed E-state index contributed by atoms with van der Waals surface area (Å²) in [6, 6.07) is 0. The van der Waals surface area contributed by atoms with Gasteiger partial charge in [-0.1, -0.05) is 0 Å². The third-order valence-corrected chi connectivity index (χ3v) is 1.78. The molecule has 0 aliphatic heterocycles. The lowest BCUT2D eigenvalue weighted by Gasteiger charge is -2.28. The summed E-state index contributed by atoms with van der Waals surface area (Å²) in [5, 5.41) is 36.9. The third-order valence-electron chi connectivity index (χ3n) is 1.78. The molecule has 0 aromatic rings. The fourth-order valence-corrected chi connectivity index (χ4v) is 0.979. The molecule has 0 unspecified atom stereocenters. The second-order valence-corrected chi connectivity index (χ2v) is 2.81. The molecule has 0 aliphatic carbocycles. The van der Waals surface area contributed by atoms with Crippen molar-refractivity contribution < 1.29 is 32.6 Å². The zero-order valence-electron chi connectivity index (χ0n) is 9.74. The Bertz CT molecular complexity index is 173. The van der Waals surface area contributed by atoms with Gasteiger partial charge in [-0.3, -0.25) is 0 Å². The van der Waals surface area contributed by atoms with Crippen molar-refractivity contribution in [3.63, 3.8) is 0 Å². The van der Waals surface area contributed by atoms with E-state index in [-0.39, 0.29) is 13.7 Å². The molecule has 4 atom stereocenters. The Morgan fingerprint density at radius 1 is 1.21 bits per heavy atom. The molecule has 0 aliphatic rings. The maximum atomic E-state index is 9.57. The topological polar surface area (TPSA) is 99.4 Å². The number of hydrogen-bond acceptors (Lipinski definition) is 6. The van der Waals surface area contributed by atoms with Crippen LogP contribution in [0.3, 0.4) is 0 Å². The van der Waals surface area contributed by atoms with Gasteiger partial charge in [0.2, 0.25) is 0 Å². The largest absolute Gasteiger partial charge is 0.394 e. The van der Waals surface area contributed by atoms with Gasteiger partial charge >= 0.3 is 0 Å². The Morgan fingerprint density at radius 3 is 2.43 bits per heavy atom. The van der Waals surface area contributed by atoms with Gasteiger partial charge in [0.1, 0.15) is 24.4 Å². The number of aliphatic hydroxyl groups excluding tert-OH is 4. The van der Waals surface area contributed by atoms with E-state index in [0.717, 1.165) is 0 Å². The summed E-state index contributed by atoms with van der Waals surface area (Å²) < 4.78 is 22.8. The minimum absolute atomic E-state index is 0.291. The molecule has 0 spiro atoms. The van der Waals surface area contributed by atoms with Gasteiger partial charge in [-0.05, 0) is 0 Å². The molecule has 14 heavy (non-hydrogen) atoms. The van der Waals surface area contributed by atoms with Crippen LogP contribution in [0.25, 0.3) is 0 Å². The fourth-order valence-electron chi connectivity index (χ4n) is 0.979. The lowest BCUT2D eigenvalue weighted by molar-refractivity contribution is -0.139. The van der Waals surface area contributed by atoms with Crippen molar-refractivity contribution in [3.8, 4) is 0 Å². The zero-order valence-corrected chi connectivity index (χ0v) is 7.74. The molecule has 0 fully saturated rings. The molecule has 0 amide bonds. The molecule has 0 saturated carbocycles. The average Bonchev–Trinajstić information content (AvgIpc) is 2.31. The highest BCUT2D eigenvalue weighted by atomic mass is 16.5. The maximum absolute atomic E-state index is 9.57. The number of hydrogen-bond donors (Lipinski definition) is 4. The summed E-state index contributed by atoms with van der Waals surface area (Å²) >= 11 is 0. The Balaban J connectivity index is 4.28. The third kappa shape index (κ3) is 3.87. The van der Waals surface area contributed by atoms with E-state index in [1.807, 2.05) is 0 Å². The van der Waals surface area contributed by atoms with E-state index in [4.69, 9.17) is 12.6 Å². The lowest BCUT2D eigenvalue weighted by atomic mass is 10.0. The second-order valence-electron chi connectivity index (χ2n) is 2.81. The van der Waals surface area contributed by atoms with E-state index < -0.39 is 38.1 Å². The molecular weight excluding hydrogens is 192 g/mol. The van der Waals surface area contributed by atoms with Crippen LogP contribution in [0.4, 0.5) is 0 Å². The molecule has 0 aromatic heterocycles. The van der Waals surface area contributed by atoms with Crippen molar-refractivity contribution in [2.45, 2.75) is 24.4 Å². The normalized spacial score (nSPS) is 22.0. The number of rotatable bonds is 7. The van der Waals surface area contributed by atoms with Gasteiger partial charge in [0.15, 0.2) is 0 Å². The smallest absolute Gasteiger partial charge is 0.114 e. The van der Waals surface area contributed by atoms with E-state index in [9.17, 15) is 15.3 Å². The number of methoxy groups -OCH3 is 2. The maximum Gasteiger partial charge on any atom is 0.114 e. The summed E-state index contributed by atoms with van der Waals surface area (Å²) in [6.45, 7) is -0.950. The van der Waals surface area contributed by atoms with Gasteiger partial charge in [0.25, 0.3) is 0 Å². The summed E-state index contributed by atoms with van der Waals surface area (Å²) in [4.78, 5) is 0. The van der Waals surface area contributed by atoms with Crippen LogP contribution in [0.1, 0.15) is 2.74 Å². The molecule has 6 heteroatoms. The lowest BCUT2D eigenvalue weighted by Crippen LogP contribution is -2.48. The van der Waals surface area contributed by atoms with Crippen LogP contribution < -0.4 is 0 Å². The van der Waals surface area contributed by atoms with E-state index in [1.165, 1.54) is 0 Å². The van der Waals surface area contributed by atoms with E-state index in [2.05, 4.69) is 4.74 Å². The zero-order chi connectivity index (χ0) is 12.6. The van der Waals surface area contributed by atoms with Gasteiger partial charge in [-0.2, -0.15) is 0 Å². The summed E-state index contributed by atoms with van der Waals surface area (Å²) in [5.41, 5.74) is 0. The minimum Gasteiger partial charge on any atom is -0.394 e. The first-order valence-electron chi connectivity index (χ1n) is 5.42. The van der Waals surface area contributed by atoms with Crippen molar-refractivity contribution in [1.82, 2.24) is 0 Å². The van der Waals surface area contributed by atoms with Crippen LogP contribution in [0.5, 0.6) is 0 Å². The molecular formula is C8H18O6. The number of ether oxygens (including phenoxy) is 2. The van der Waals surface area contributed by atoms with Crippen molar-refractivity contribution in [1.29, 1.82) is 0 Å². The minimum atomic E-state index is -1.50. The molecule has 4 N–H and O–H groups in total. The monoisotopic (exact) mass is 212 g/mol. The highest BCUT2D eigenvalue weighted by molar-refractivity contribution is 4.81. The SMILES string of the molecule is [2H]COC[C@@H](O)[C@@H](O)[C@H](OC[2H])[C@@H](O)CO. The molecule has 0 rings (SSSR count). The Kier molecular flexibility index (Phi) is 5.22. The van der Waals surface area contributed by atoms with Crippen LogP contribution in [0.15, 0.2) is 0 Å². The first-order chi connectivity index (χ1) is 7.58. The molecule has 0 aromatic carbocycles. The highest BCUT2D eigenvalue weighted by Gasteiger charge is 2.31. The van der Waals surface area contributed by atoms with Crippen LogP contribution in [0, 0.1) is 0 Å². The Morgan fingerprint density at radius 2 is 1.93 bits per heavy atom. The molecule has 6 nitrogen and oxygen atoms in total. The number of aliphatic hydroxyl groups is 4. The molecule has 0 saturated heterocycles. The van der Waals surface area contributed by atoms with Crippen molar-refractivity contribution in [3.05, 3.63) is 0 Å². The molecule has 0 bridgehead atoms. The first-order valence-corrected chi connectivity index (χ1v) is 4.01. The molecule has 0 radical (unpaired) electrons. The molecule has 86 valence electrons. The summed E-state index contributed by atoms with van der Waals surface area (Å²) in [7, 11) is -0.888. The van der Waals surface area contributed by atoms with Gasteiger partial charge in [0.05, 0.1) is 16.0 Å². The quantitative estimate of drug-likeness (QED) is 0.379. The van der Waals surface area contributed by atoms with Crippen molar-refractivity contribution >= 4 is 0 Å². The fraction of sp³-hybridized carbons (Fsp3) is 1.00. The van der Waals surface area contributed by atoms with E-state index in [0.29, 0.717) is 0 Å². The Labute approximate surface area is 85.5 Å². The van der Waals surface area contributed by atoms with E-state index >= 15 is 0 Å². The Hall–Kier alpha value is -0.240. The predicted molar refractivity (Wildman–Crippen MR) is 47.8 cm³/mol. The van der Waals surface area contributed by atoms with E-state index in [1.54, 1.807) is 0 Å². The molecule has 0 heterocycles. The van der Waals surface area contributed by atoms with Gasteiger partial charge in [0, 0.05) is 14.2 Å². The van der Waals surface area contributed by atoms with Crippen molar-refractivity contribution in [2.75, 3.05) is 27.4 Å². The summed E-state index contributed by atoms with van der Waals surface area (Å²) in [6.07, 6.45) is -5.53. The van der Waals surface area contributed by atoms with Gasteiger partial charge < -0.3 is 29.9 Å². The van der Waals surface area contributed by atoms with Crippen LogP contribution in [0.2, 0.25) is 0 Å². The summed E-state index contributed by atoms with van der Waals surface area (Å²) in [5.74, 6) is 0. The average molecular weight is 212 g/mol. The van der Waals surface area contributed by atoms with Crippen LogP contribution >= 0.6 is 0 Å². The second kappa shape index (κ2) is 7.10. The van der Waals surface area contributed by atoms with Crippen LogP contribution in [-0.4, -0.2) is 72.2 Å².